The lowest BCUT2D eigenvalue weighted by Crippen LogP contribution is -2.14. The molecule has 0 aliphatic heterocycles. The molecule has 13 heavy (non-hydrogen) atoms. The Labute approximate surface area is 79.2 Å². The van der Waals surface area contributed by atoms with Crippen LogP contribution in [0.1, 0.15) is 30.2 Å². The fourth-order valence-corrected chi connectivity index (χ4v) is 1.93. The Morgan fingerprint density at radius 2 is 2.46 bits per heavy atom. The Hall–Kier alpha value is -0.890. The zero-order valence-corrected chi connectivity index (χ0v) is 8.09. The lowest BCUT2D eigenvalue weighted by molar-refractivity contribution is 0.491. The van der Waals surface area contributed by atoms with E-state index in [1.165, 1.54) is 24.1 Å². The third kappa shape index (κ3) is 1.73. The molecule has 70 valence electrons. The van der Waals surface area contributed by atoms with Gasteiger partial charge in [-0.1, -0.05) is 13.0 Å². The molecule has 0 spiro atoms. The first-order valence-electron chi connectivity index (χ1n) is 4.96. The monoisotopic (exact) mass is 176 g/mol. The van der Waals surface area contributed by atoms with Crippen LogP contribution < -0.4 is 5.73 Å². The quantitative estimate of drug-likeness (QED) is 0.707. The SMILES string of the molecule is CC1CCc2cc(CN)cnc2C1. The Bertz CT molecular complexity index is 307. The van der Waals surface area contributed by atoms with Crippen LogP contribution in [0.25, 0.3) is 0 Å². The van der Waals surface area contributed by atoms with Crippen molar-refractivity contribution in [2.45, 2.75) is 32.7 Å². The molecule has 2 heteroatoms. The van der Waals surface area contributed by atoms with Gasteiger partial charge >= 0.3 is 0 Å². The Morgan fingerprint density at radius 1 is 1.62 bits per heavy atom. The average molecular weight is 176 g/mol. The number of aromatic nitrogens is 1. The van der Waals surface area contributed by atoms with Crippen molar-refractivity contribution in [3.8, 4) is 0 Å². The molecule has 1 aromatic heterocycles. The number of hydrogen-bond donors (Lipinski definition) is 1. The topological polar surface area (TPSA) is 38.9 Å². The number of rotatable bonds is 1. The standard InChI is InChI=1S/C11H16N2/c1-8-2-3-10-5-9(6-12)7-13-11(10)4-8/h5,7-8H,2-4,6,12H2,1H3. The van der Waals surface area contributed by atoms with Gasteiger partial charge in [-0.3, -0.25) is 4.98 Å². The minimum Gasteiger partial charge on any atom is -0.326 e. The predicted molar refractivity (Wildman–Crippen MR) is 53.3 cm³/mol. The molecular formula is C11H16N2. The van der Waals surface area contributed by atoms with E-state index in [2.05, 4.69) is 18.0 Å². The number of nitrogens with two attached hydrogens (primary N) is 1. The lowest BCUT2D eigenvalue weighted by Gasteiger charge is -2.20. The van der Waals surface area contributed by atoms with Crippen molar-refractivity contribution in [3.05, 3.63) is 29.1 Å². The summed E-state index contributed by atoms with van der Waals surface area (Å²) in [6.07, 6.45) is 5.52. The van der Waals surface area contributed by atoms with Crippen LogP contribution in [0.5, 0.6) is 0 Å². The van der Waals surface area contributed by atoms with Crippen LogP contribution in [-0.2, 0) is 19.4 Å². The molecule has 0 fully saturated rings. The number of fused-ring (bicyclic) bond motifs is 1. The van der Waals surface area contributed by atoms with Crippen LogP contribution >= 0.6 is 0 Å². The van der Waals surface area contributed by atoms with E-state index in [4.69, 9.17) is 5.73 Å². The molecule has 2 nitrogen and oxygen atoms in total. The molecule has 0 aromatic carbocycles. The summed E-state index contributed by atoms with van der Waals surface area (Å²) in [5.41, 5.74) is 9.44. The average Bonchev–Trinajstić information content (AvgIpc) is 2.17. The molecule has 0 saturated heterocycles. The molecule has 2 N–H and O–H groups in total. The maximum absolute atomic E-state index is 5.57. The molecular weight excluding hydrogens is 160 g/mol. The fraction of sp³-hybridized carbons (Fsp3) is 0.545. The van der Waals surface area contributed by atoms with E-state index >= 15 is 0 Å². The van der Waals surface area contributed by atoms with E-state index in [0.717, 1.165) is 17.9 Å². The van der Waals surface area contributed by atoms with Crippen LogP contribution in [0, 0.1) is 5.92 Å². The van der Waals surface area contributed by atoms with Gasteiger partial charge in [0.05, 0.1) is 0 Å². The molecule has 0 radical (unpaired) electrons. The van der Waals surface area contributed by atoms with Crippen molar-refractivity contribution < 1.29 is 0 Å². The molecule has 1 aliphatic rings. The summed E-state index contributed by atoms with van der Waals surface area (Å²) in [4.78, 5) is 4.46. The third-order valence-electron chi connectivity index (χ3n) is 2.80. The number of hydrogen-bond acceptors (Lipinski definition) is 2. The Morgan fingerprint density at radius 3 is 3.23 bits per heavy atom. The summed E-state index contributed by atoms with van der Waals surface area (Å²) in [6.45, 7) is 2.90. The summed E-state index contributed by atoms with van der Waals surface area (Å²) in [7, 11) is 0. The molecule has 0 amide bonds. The molecule has 1 aromatic rings. The van der Waals surface area contributed by atoms with Crippen LogP contribution in [0.15, 0.2) is 12.3 Å². The van der Waals surface area contributed by atoms with E-state index in [-0.39, 0.29) is 0 Å². The Kier molecular flexibility index (Phi) is 2.32. The van der Waals surface area contributed by atoms with E-state index in [1.807, 2.05) is 6.20 Å². The zero-order valence-electron chi connectivity index (χ0n) is 8.09. The van der Waals surface area contributed by atoms with Gasteiger partial charge < -0.3 is 5.73 Å². The van der Waals surface area contributed by atoms with Gasteiger partial charge in [-0.25, -0.2) is 0 Å². The first-order chi connectivity index (χ1) is 6.29. The summed E-state index contributed by atoms with van der Waals surface area (Å²) in [5.74, 6) is 0.795. The highest BCUT2D eigenvalue weighted by atomic mass is 14.7. The summed E-state index contributed by atoms with van der Waals surface area (Å²) in [5, 5.41) is 0. The highest BCUT2D eigenvalue weighted by molar-refractivity contribution is 5.27. The van der Waals surface area contributed by atoms with E-state index in [9.17, 15) is 0 Å². The van der Waals surface area contributed by atoms with Crippen molar-refractivity contribution in [2.75, 3.05) is 0 Å². The number of nitrogens with zero attached hydrogens (tertiary/aromatic N) is 1. The highest BCUT2D eigenvalue weighted by Crippen LogP contribution is 2.23. The minimum atomic E-state index is 0.607. The lowest BCUT2D eigenvalue weighted by atomic mass is 9.88. The van der Waals surface area contributed by atoms with Crippen LogP contribution in [-0.4, -0.2) is 4.98 Å². The molecule has 0 bridgehead atoms. The van der Waals surface area contributed by atoms with Crippen LogP contribution in [0.4, 0.5) is 0 Å². The zero-order chi connectivity index (χ0) is 9.26. The number of aryl methyl sites for hydroxylation is 1. The summed E-state index contributed by atoms with van der Waals surface area (Å²) in [6, 6.07) is 2.22. The first-order valence-corrected chi connectivity index (χ1v) is 4.96. The van der Waals surface area contributed by atoms with E-state index in [0.29, 0.717) is 6.54 Å². The van der Waals surface area contributed by atoms with Gasteiger partial charge in [-0.15, -0.1) is 0 Å². The minimum absolute atomic E-state index is 0.607. The molecule has 1 unspecified atom stereocenters. The van der Waals surface area contributed by atoms with Gasteiger partial charge in [0.2, 0.25) is 0 Å². The second-order valence-corrected chi connectivity index (χ2v) is 4.00. The fourth-order valence-electron chi connectivity index (χ4n) is 1.93. The van der Waals surface area contributed by atoms with E-state index < -0.39 is 0 Å². The van der Waals surface area contributed by atoms with Crippen molar-refractivity contribution in [3.63, 3.8) is 0 Å². The van der Waals surface area contributed by atoms with Gasteiger partial charge in [0.1, 0.15) is 0 Å². The molecule has 2 rings (SSSR count). The largest absolute Gasteiger partial charge is 0.326 e. The first kappa shape index (κ1) is 8.70. The Balaban J connectivity index is 2.31. The number of pyridine rings is 1. The third-order valence-corrected chi connectivity index (χ3v) is 2.80. The summed E-state index contributed by atoms with van der Waals surface area (Å²) >= 11 is 0. The normalized spacial score (nSPS) is 21.2. The van der Waals surface area contributed by atoms with Gasteiger partial charge in [-0.2, -0.15) is 0 Å². The van der Waals surface area contributed by atoms with Gasteiger partial charge in [0.15, 0.2) is 0 Å². The van der Waals surface area contributed by atoms with E-state index in [1.54, 1.807) is 0 Å². The maximum atomic E-state index is 5.57. The van der Waals surface area contributed by atoms with Crippen molar-refractivity contribution in [2.24, 2.45) is 11.7 Å². The summed E-state index contributed by atoms with van der Waals surface area (Å²) < 4.78 is 0. The maximum Gasteiger partial charge on any atom is 0.0438 e. The smallest absolute Gasteiger partial charge is 0.0438 e. The second-order valence-electron chi connectivity index (χ2n) is 4.00. The molecule has 1 heterocycles. The van der Waals surface area contributed by atoms with Crippen molar-refractivity contribution >= 4 is 0 Å². The van der Waals surface area contributed by atoms with Gasteiger partial charge in [0.25, 0.3) is 0 Å². The van der Waals surface area contributed by atoms with Crippen LogP contribution in [0.3, 0.4) is 0 Å². The predicted octanol–water partition coefficient (Wildman–Crippen LogP) is 1.67. The highest BCUT2D eigenvalue weighted by Gasteiger charge is 2.15. The second kappa shape index (κ2) is 3.46. The van der Waals surface area contributed by atoms with Crippen molar-refractivity contribution in [1.82, 2.24) is 4.98 Å². The van der Waals surface area contributed by atoms with Gasteiger partial charge in [-0.05, 0) is 36.3 Å². The molecule has 1 atom stereocenters. The van der Waals surface area contributed by atoms with Crippen molar-refractivity contribution in [1.29, 1.82) is 0 Å². The molecule has 0 saturated carbocycles. The van der Waals surface area contributed by atoms with Gasteiger partial charge in [0, 0.05) is 18.4 Å². The van der Waals surface area contributed by atoms with Crippen LogP contribution in [0.2, 0.25) is 0 Å². The molecule has 1 aliphatic carbocycles.